The zero-order chi connectivity index (χ0) is 14.8. The zero-order valence-corrected chi connectivity index (χ0v) is 12.8. The highest BCUT2D eigenvalue weighted by molar-refractivity contribution is 5.77. The SMILES string of the molecule is CC(C)OCCCNC(=O)CN1CCN(CCO)CC1. The van der Waals surface area contributed by atoms with Gasteiger partial charge in [-0.3, -0.25) is 14.6 Å². The summed E-state index contributed by atoms with van der Waals surface area (Å²) in [6.45, 7) is 10.4. The molecule has 0 aromatic rings. The summed E-state index contributed by atoms with van der Waals surface area (Å²) in [6.07, 6.45) is 1.11. The second-order valence-corrected chi connectivity index (χ2v) is 5.46. The smallest absolute Gasteiger partial charge is 0.234 e. The van der Waals surface area contributed by atoms with Crippen LogP contribution in [0.3, 0.4) is 0 Å². The van der Waals surface area contributed by atoms with Crippen molar-refractivity contribution in [1.82, 2.24) is 15.1 Å². The minimum absolute atomic E-state index is 0.0881. The molecule has 0 unspecified atom stereocenters. The predicted octanol–water partition coefficient (Wildman–Crippen LogP) is -0.472. The molecule has 118 valence electrons. The Kier molecular flexibility index (Phi) is 8.77. The molecule has 0 radical (unpaired) electrons. The lowest BCUT2D eigenvalue weighted by Gasteiger charge is -2.33. The van der Waals surface area contributed by atoms with Crippen molar-refractivity contribution < 1.29 is 14.6 Å². The van der Waals surface area contributed by atoms with Crippen molar-refractivity contribution >= 4 is 5.91 Å². The quantitative estimate of drug-likeness (QED) is 0.561. The fourth-order valence-electron chi connectivity index (χ4n) is 2.19. The second kappa shape index (κ2) is 10.1. The number of β-amino-alcohol motifs (C(OH)–C–C–N with tert-alkyl or cyclic N) is 1. The molecule has 0 spiro atoms. The number of hydrogen-bond acceptors (Lipinski definition) is 5. The molecule has 1 aliphatic heterocycles. The number of nitrogens with zero attached hydrogens (tertiary/aromatic N) is 2. The molecule has 2 N–H and O–H groups in total. The first-order valence-corrected chi connectivity index (χ1v) is 7.55. The van der Waals surface area contributed by atoms with Crippen LogP contribution in [-0.2, 0) is 9.53 Å². The van der Waals surface area contributed by atoms with Gasteiger partial charge in [-0.15, -0.1) is 0 Å². The van der Waals surface area contributed by atoms with E-state index < -0.39 is 0 Å². The maximum absolute atomic E-state index is 11.8. The van der Waals surface area contributed by atoms with Gasteiger partial charge in [-0.2, -0.15) is 0 Å². The minimum atomic E-state index is 0.0881. The molecule has 0 saturated carbocycles. The normalized spacial score (nSPS) is 17.6. The van der Waals surface area contributed by atoms with E-state index in [9.17, 15) is 4.79 Å². The van der Waals surface area contributed by atoms with Crippen LogP contribution in [0.1, 0.15) is 20.3 Å². The van der Waals surface area contributed by atoms with E-state index >= 15 is 0 Å². The number of amides is 1. The Bertz CT molecular complexity index is 266. The monoisotopic (exact) mass is 287 g/mol. The van der Waals surface area contributed by atoms with Crippen LogP contribution in [0.15, 0.2) is 0 Å². The lowest BCUT2D eigenvalue weighted by atomic mass is 10.3. The third kappa shape index (κ3) is 7.79. The van der Waals surface area contributed by atoms with E-state index in [-0.39, 0.29) is 18.6 Å². The van der Waals surface area contributed by atoms with Gasteiger partial charge in [0.2, 0.25) is 5.91 Å². The summed E-state index contributed by atoms with van der Waals surface area (Å²) in [5, 5.41) is 11.8. The fourth-order valence-corrected chi connectivity index (χ4v) is 2.19. The van der Waals surface area contributed by atoms with Gasteiger partial charge < -0.3 is 15.2 Å². The third-order valence-corrected chi connectivity index (χ3v) is 3.34. The molecule has 1 amide bonds. The van der Waals surface area contributed by atoms with Gasteiger partial charge >= 0.3 is 0 Å². The van der Waals surface area contributed by atoms with Crippen molar-refractivity contribution in [3.8, 4) is 0 Å². The van der Waals surface area contributed by atoms with Gasteiger partial charge in [0.05, 0.1) is 19.3 Å². The molecule has 1 heterocycles. The molecule has 0 aromatic carbocycles. The van der Waals surface area contributed by atoms with Crippen LogP contribution in [0.5, 0.6) is 0 Å². The molecule has 1 aliphatic rings. The molecule has 1 fully saturated rings. The number of carbonyl (C=O) groups excluding carboxylic acids is 1. The molecule has 0 bridgehead atoms. The number of aliphatic hydroxyl groups excluding tert-OH is 1. The van der Waals surface area contributed by atoms with E-state index in [2.05, 4.69) is 15.1 Å². The largest absolute Gasteiger partial charge is 0.395 e. The fraction of sp³-hybridized carbons (Fsp3) is 0.929. The van der Waals surface area contributed by atoms with Gasteiger partial charge in [-0.05, 0) is 20.3 Å². The van der Waals surface area contributed by atoms with Crippen LogP contribution in [0.4, 0.5) is 0 Å². The predicted molar refractivity (Wildman–Crippen MR) is 78.7 cm³/mol. The van der Waals surface area contributed by atoms with Crippen LogP contribution in [0.2, 0.25) is 0 Å². The Morgan fingerprint density at radius 3 is 2.50 bits per heavy atom. The average molecular weight is 287 g/mol. The summed E-state index contributed by atoms with van der Waals surface area (Å²) in [5.74, 6) is 0.0881. The number of rotatable bonds is 9. The number of ether oxygens (including phenoxy) is 1. The molecule has 6 heteroatoms. The number of hydrogen-bond donors (Lipinski definition) is 2. The van der Waals surface area contributed by atoms with Crippen molar-refractivity contribution in [1.29, 1.82) is 0 Å². The van der Waals surface area contributed by atoms with E-state index in [4.69, 9.17) is 9.84 Å². The van der Waals surface area contributed by atoms with Gasteiger partial charge in [-0.25, -0.2) is 0 Å². The molecule has 0 aromatic heterocycles. The molecule has 0 atom stereocenters. The standard InChI is InChI=1S/C14H29N3O3/c1-13(2)20-11-3-4-15-14(19)12-17-7-5-16(6-8-17)9-10-18/h13,18H,3-12H2,1-2H3,(H,15,19). The lowest BCUT2D eigenvalue weighted by Crippen LogP contribution is -2.50. The van der Waals surface area contributed by atoms with E-state index in [1.54, 1.807) is 0 Å². The van der Waals surface area contributed by atoms with Crippen molar-refractivity contribution in [3.05, 3.63) is 0 Å². The first-order valence-electron chi connectivity index (χ1n) is 7.55. The summed E-state index contributed by atoms with van der Waals surface area (Å²) in [5.41, 5.74) is 0. The number of nitrogens with one attached hydrogen (secondary N) is 1. The van der Waals surface area contributed by atoms with Gasteiger partial charge in [0, 0.05) is 45.9 Å². The molecule has 1 saturated heterocycles. The molecule has 20 heavy (non-hydrogen) atoms. The van der Waals surface area contributed by atoms with E-state index in [1.807, 2.05) is 13.8 Å². The Hall–Kier alpha value is -0.690. The Labute approximate surface area is 122 Å². The van der Waals surface area contributed by atoms with E-state index in [1.165, 1.54) is 0 Å². The Morgan fingerprint density at radius 2 is 1.90 bits per heavy atom. The van der Waals surface area contributed by atoms with Crippen LogP contribution < -0.4 is 5.32 Å². The molecule has 1 rings (SSSR count). The second-order valence-electron chi connectivity index (χ2n) is 5.46. The number of carbonyl (C=O) groups is 1. The first-order chi connectivity index (χ1) is 9.61. The number of aliphatic hydroxyl groups is 1. The highest BCUT2D eigenvalue weighted by Crippen LogP contribution is 2.00. The van der Waals surface area contributed by atoms with Crippen molar-refractivity contribution in [2.45, 2.75) is 26.4 Å². The maximum atomic E-state index is 11.8. The highest BCUT2D eigenvalue weighted by Gasteiger charge is 2.18. The van der Waals surface area contributed by atoms with Crippen LogP contribution >= 0.6 is 0 Å². The average Bonchev–Trinajstić information content (AvgIpc) is 2.40. The molecular weight excluding hydrogens is 258 g/mol. The summed E-state index contributed by atoms with van der Waals surface area (Å²) in [7, 11) is 0. The van der Waals surface area contributed by atoms with Gasteiger partial charge in [0.25, 0.3) is 0 Å². The van der Waals surface area contributed by atoms with E-state index in [0.717, 1.165) is 39.1 Å². The maximum Gasteiger partial charge on any atom is 0.234 e. The lowest BCUT2D eigenvalue weighted by molar-refractivity contribution is -0.122. The highest BCUT2D eigenvalue weighted by atomic mass is 16.5. The van der Waals surface area contributed by atoms with Crippen LogP contribution in [0.25, 0.3) is 0 Å². The van der Waals surface area contributed by atoms with Gasteiger partial charge in [0.15, 0.2) is 0 Å². The van der Waals surface area contributed by atoms with Crippen molar-refractivity contribution in [2.75, 3.05) is 59.0 Å². The Morgan fingerprint density at radius 1 is 1.25 bits per heavy atom. The molecular formula is C14H29N3O3. The van der Waals surface area contributed by atoms with E-state index in [0.29, 0.717) is 19.7 Å². The van der Waals surface area contributed by atoms with Crippen molar-refractivity contribution in [3.63, 3.8) is 0 Å². The Balaban J connectivity index is 2.02. The first kappa shape index (κ1) is 17.4. The molecule has 6 nitrogen and oxygen atoms in total. The minimum Gasteiger partial charge on any atom is -0.395 e. The van der Waals surface area contributed by atoms with Crippen LogP contribution in [0, 0.1) is 0 Å². The topological polar surface area (TPSA) is 65.0 Å². The molecule has 0 aliphatic carbocycles. The third-order valence-electron chi connectivity index (χ3n) is 3.34. The van der Waals surface area contributed by atoms with Crippen molar-refractivity contribution in [2.24, 2.45) is 0 Å². The number of piperazine rings is 1. The van der Waals surface area contributed by atoms with Crippen LogP contribution in [-0.4, -0.2) is 85.9 Å². The zero-order valence-electron chi connectivity index (χ0n) is 12.8. The van der Waals surface area contributed by atoms with Gasteiger partial charge in [0.1, 0.15) is 0 Å². The summed E-state index contributed by atoms with van der Waals surface area (Å²) in [4.78, 5) is 16.1. The summed E-state index contributed by atoms with van der Waals surface area (Å²) in [6, 6.07) is 0. The summed E-state index contributed by atoms with van der Waals surface area (Å²) < 4.78 is 5.42. The van der Waals surface area contributed by atoms with Gasteiger partial charge in [-0.1, -0.05) is 0 Å². The summed E-state index contributed by atoms with van der Waals surface area (Å²) >= 11 is 0.